The molecule has 90 valence electrons. The van der Waals surface area contributed by atoms with E-state index in [0.717, 1.165) is 12.1 Å². The van der Waals surface area contributed by atoms with Crippen molar-refractivity contribution >= 4 is 25.6 Å². The first-order chi connectivity index (χ1) is 7.86. The minimum absolute atomic E-state index is 0.0478. The molecule has 0 radical (unpaired) electrons. The number of rotatable bonds is 3. The summed E-state index contributed by atoms with van der Waals surface area (Å²) in [5.74, 6) is 0.444. The summed E-state index contributed by atoms with van der Waals surface area (Å²) in [5.41, 5.74) is -0.302. The third-order valence-electron chi connectivity index (χ3n) is 1.82. The first kappa shape index (κ1) is 13.5. The molecule has 0 bridgehead atoms. The number of nitrogens with one attached hydrogen (secondary N) is 1. The van der Waals surface area contributed by atoms with Gasteiger partial charge in [0.2, 0.25) is 0 Å². The molecule has 0 aromatic heterocycles. The topological polar surface area (TPSA) is 63.2 Å². The summed E-state index contributed by atoms with van der Waals surface area (Å²) in [6.07, 6.45) is 4.92. The molecule has 1 amide bonds. The van der Waals surface area contributed by atoms with E-state index in [4.69, 9.17) is 17.1 Å². The normalized spacial score (nSPS) is 10.6. The molecule has 1 rings (SSSR count). The molecule has 0 spiro atoms. The van der Waals surface area contributed by atoms with Gasteiger partial charge >= 0.3 is 0 Å². The van der Waals surface area contributed by atoms with Crippen molar-refractivity contribution in [1.82, 2.24) is 5.32 Å². The molecule has 0 aliphatic carbocycles. The van der Waals surface area contributed by atoms with Gasteiger partial charge in [-0.15, -0.1) is 6.42 Å². The van der Waals surface area contributed by atoms with E-state index in [1.165, 1.54) is 0 Å². The fourth-order valence-corrected chi connectivity index (χ4v) is 1.82. The number of hydrogen-bond acceptors (Lipinski definition) is 3. The summed E-state index contributed by atoms with van der Waals surface area (Å²) >= 11 is 0. The molecular formula is C10H7ClFNO3S. The Kier molecular flexibility index (Phi) is 4.10. The summed E-state index contributed by atoms with van der Waals surface area (Å²) in [6.45, 7) is -0.0478. The van der Waals surface area contributed by atoms with Gasteiger partial charge in [0.1, 0.15) is 5.82 Å². The third kappa shape index (κ3) is 3.44. The highest BCUT2D eigenvalue weighted by Crippen LogP contribution is 2.18. The average molecular weight is 276 g/mol. The van der Waals surface area contributed by atoms with Gasteiger partial charge in [-0.05, 0) is 18.2 Å². The van der Waals surface area contributed by atoms with Crippen molar-refractivity contribution in [3.05, 3.63) is 29.6 Å². The van der Waals surface area contributed by atoms with Gasteiger partial charge in [-0.3, -0.25) is 4.79 Å². The highest BCUT2D eigenvalue weighted by Gasteiger charge is 2.16. The predicted octanol–water partition coefficient (Wildman–Crippen LogP) is 1.12. The molecule has 0 unspecified atom stereocenters. The van der Waals surface area contributed by atoms with Gasteiger partial charge in [0.25, 0.3) is 15.0 Å². The zero-order valence-corrected chi connectivity index (χ0v) is 9.98. The molecule has 1 aromatic rings. The summed E-state index contributed by atoms with van der Waals surface area (Å²) in [5, 5.41) is 2.25. The van der Waals surface area contributed by atoms with Crippen LogP contribution in [-0.2, 0) is 9.05 Å². The van der Waals surface area contributed by atoms with Gasteiger partial charge in [-0.1, -0.05) is 5.92 Å². The second-order valence-corrected chi connectivity index (χ2v) is 5.53. The minimum Gasteiger partial charge on any atom is -0.341 e. The number of hydrogen-bond donors (Lipinski definition) is 1. The predicted molar refractivity (Wildman–Crippen MR) is 60.6 cm³/mol. The Hall–Kier alpha value is -1.58. The molecule has 1 aromatic carbocycles. The third-order valence-corrected chi connectivity index (χ3v) is 3.17. The number of carbonyl (C=O) groups excluding carboxylic acids is 1. The van der Waals surface area contributed by atoms with Crippen molar-refractivity contribution in [2.75, 3.05) is 6.54 Å². The van der Waals surface area contributed by atoms with Crippen LogP contribution in [0.15, 0.2) is 23.1 Å². The molecule has 0 aliphatic rings. The number of amides is 1. The average Bonchev–Trinajstić information content (AvgIpc) is 2.24. The van der Waals surface area contributed by atoms with Crippen molar-refractivity contribution in [2.24, 2.45) is 0 Å². The van der Waals surface area contributed by atoms with Gasteiger partial charge in [0.15, 0.2) is 0 Å². The van der Waals surface area contributed by atoms with Crippen molar-refractivity contribution in [2.45, 2.75) is 4.90 Å². The molecule has 1 N–H and O–H groups in total. The highest BCUT2D eigenvalue weighted by molar-refractivity contribution is 8.13. The van der Waals surface area contributed by atoms with E-state index in [2.05, 4.69) is 11.2 Å². The second-order valence-electron chi connectivity index (χ2n) is 2.97. The van der Waals surface area contributed by atoms with Gasteiger partial charge in [0, 0.05) is 10.7 Å². The maximum absolute atomic E-state index is 13.4. The first-order valence-corrected chi connectivity index (χ1v) is 6.63. The van der Waals surface area contributed by atoms with Crippen LogP contribution in [0.1, 0.15) is 10.4 Å². The zero-order valence-electron chi connectivity index (χ0n) is 8.41. The van der Waals surface area contributed by atoms with Crippen molar-refractivity contribution < 1.29 is 17.6 Å². The Bertz CT molecular complexity index is 592. The molecular weight excluding hydrogens is 269 g/mol. The fraction of sp³-hybridized carbons (Fsp3) is 0.100. The van der Waals surface area contributed by atoms with Crippen LogP contribution in [0.5, 0.6) is 0 Å². The number of benzene rings is 1. The maximum Gasteiger partial charge on any atom is 0.261 e. The van der Waals surface area contributed by atoms with Gasteiger partial charge in [0.05, 0.1) is 17.0 Å². The lowest BCUT2D eigenvalue weighted by Crippen LogP contribution is -2.24. The smallest absolute Gasteiger partial charge is 0.261 e. The summed E-state index contributed by atoms with van der Waals surface area (Å²) in [7, 11) is 1.01. The summed E-state index contributed by atoms with van der Waals surface area (Å²) < 4.78 is 35.2. The SMILES string of the molecule is C#CCNC(=O)c1ccc(S(=O)(=O)Cl)cc1F. The molecule has 17 heavy (non-hydrogen) atoms. The maximum atomic E-state index is 13.4. The molecule has 0 aliphatic heterocycles. The van der Waals surface area contributed by atoms with Crippen molar-refractivity contribution in [3.8, 4) is 12.3 Å². The lowest BCUT2D eigenvalue weighted by atomic mass is 10.2. The number of terminal acetylenes is 1. The zero-order chi connectivity index (χ0) is 13.1. The monoisotopic (exact) mass is 275 g/mol. The van der Waals surface area contributed by atoms with E-state index in [1.807, 2.05) is 0 Å². The standard InChI is InChI=1S/C10H7ClFNO3S/c1-2-5-13-10(14)8-4-3-7(6-9(8)12)17(11,15)16/h1,3-4,6H,5H2,(H,13,14). The molecule has 0 saturated carbocycles. The number of carbonyl (C=O) groups is 1. The molecule has 0 heterocycles. The second kappa shape index (κ2) is 5.17. The van der Waals surface area contributed by atoms with Crippen LogP contribution in [0.25, 0.3) is 0 Å². The number of halogens is 2. The molecule has 7 heteroatoms. The lowest BCUT2D eigenvalue weighted by Gasteiger charge is -2.04. The summed E-state index contributed by atoms with van der Waals surface area (Å²) in [4.78, 5) is 10.9. The Morgan fingerprint density at radius 1 is 1.53 bits per heavy atom. The van der Waals surface area contributed by atoms with E-state index >= 15 is 0 Å². The van der Waals surface area contributed by atoms with Crippen LogP contribution in [0.2, 0.25) is 0 Å². The minimum atomic E-state index is -4.02. The van der Waals surface area contributed by atoms with Crippen LogP contribution in [0, 0.1) is 18.2 Å². The molecule has 0 saturated heterocycles. The lowest BCUT2D eigenvalue weighted by molar-refractivity contribution is 0.0954. The van der Waals surface area contributed by atoms with E-state index in [1.54, 1.807) is 0 Å². The molecule has 0 fully saturated rings. The van der Waals surface area contributed by atoms with Crippen molar-refractivity contribution in [1.29, 1.82) is 0 Å². The fourth-order valence-electron chi connectivity index (χ4n) is 1.06. The first-order valence-electron chi connectivity index (χ1n) is 4.32. The van der Waals surface area contributed by atoms with Crippen LogP contribution in [-0.4, -0.2) is 20.9 Å². The molecule has 4 nitrogen and oxygen atoms in total. The Balaban J connectivity index is 3.07. The van der Waals surface area contributed by atoms with Gasteiger partial charge in [-0.2, -0.15) is 0 Å². The van der Waals surface area contributed by atoms with E-state index in [0.29, 0.717) is 6.07 Å². The molecule has 0 atom stereocenters. The Labute approximate surface area is 102 Å². The largest absolute Gasteiger partial charge is 0.341 e. The van der Waals surface area contributed by atoms with Gasteiger partial charge in [-0.25, -0.2) is 12.8 Å². The van der Waals surface area contributed by atoms with Crippen LogP contribution in [0.3, 0.4) is 0 Å². The van der Waals surface area contributed by atoms with Crippen LogP contribution in [0.4, 0.5) is 4.39 Å². The van der Waals surface area contributed by atoms with Crippen LogP contribution >= 0.6 is 10.7 Å². The van der Waals surface area contributed by atoms with E-state index in [9.17, 15) is 17.6 Å². The Morgan fingerprint density at radius 2 is 2.18 bits per heavy atom. The Morgan fingerprint density at radius 3 is 2.65 bits per heavy atom. The van der Waals surface area contributed by atoms with Crippen LogP contribution < -0.4 is 5.32 Å². The summed E-state index contributed by atoms with van der Waals surface area (Å²) in [6, 6.07) is 2.74. The van der Waals surface area contributed by atoms with Gasteiger partial charge < -0.3 is 5.32 Å². The van der Waals surface area contributed by atoms with Crippen molar-refractivity contribution in [3.63, 3.8) is 0 Å². The van der Waals surface area contributed by atoms with E-state index in [-0.39, 0.29) is 12.1 Å². The quantitative estimate of drug-likeness (QED) is 0.664. The van der Waals surface area contributed by atoms with E-state index < -0.39 is 25.7 Å². The highest BCUT2D eigenvalue weighted by atomic mass is 35.7.